The largest absolute Gasteiger partial charge is 0.496 e. The van der Waals surface area contributed by atoms with Gasteiger partial charge in [0.1, 0.15) is 11.6 Å². The van der Waals surface area contributed by atoms with Gasteiger partial charge in [-0.2, -0.15) is 0 Å². The molecule has 1 atom stereocenters. The molecular weight excluding hydrogens is 325 g/mol. The number of aliphatic hydroxyl groups is 1. The molecule has 0 aromatic heterocycles. The smallest absolute Gasteiger partial charge is 0.146 e. The quantitative estimate of drug-likeness (QED) is 0.871. The number of anilines is 1. The van der Waals surface area contributed by atoms with Crippen LogP contribution in [-0.2, 0) is 0 Å². The van der Waals surface area contributed by atoms with Crippen LogP contribution in [0.15, 0.2) is 46.9 Å². The lowest BCUT2D eigenvalue weighted by molar-refractivity contribution is 0.276. The van der Waals surface area contributed by atoms with Crippen molar-refractivity contribution in [2.45, 2.75) is 6.04 Å². The van der Waals surface area contributed by atoms with Crippen LogP contribution in [0, 0.1) is 5.82 Å². The summed E-state index contributed by atoms with van der Waals surface area (Å²) in [5.41, 5.74) is 1.20. The molecule has 0 spiro atoms. The van der Waals surface area contributed by atoms with E-state index in [2.05, 4.69) is 21.2 Å². The Labute approximate surface area is 125 Å². The van der Waals surface area contributed by atoms with Gasteiger partial charge in [-0.05, 0) is 45.8 Å². The van der Waals surface area contributed by atoms with Gasteiger partial charge >= 0.3 is 0 Å². The van der Waals surface area contributed by atoms with Crippen LogP contribution in [0.3, 0.4) is 0 Å². The number of benzene rings is 2. The van der Waals surface area contributed by atoms with Gasteiger partial charge < -0.3 is 15.2 Å². The Hall–Kier alpha value is -1.59. The second-order valence-electron chi connectivity index (χ2n) is 4.25. The molecule has 2 aromatic rings. The van der Waals surface area contributed by atoms with E-state index in [0.717, 1.165) is 10.0 Å². The second kappa shape index (κ2) is 6.72. The van der Waals surface area contributed by atoms with Gasteiger partial charge in [-0.15, -0.1) is 0 Å². The number of halogens is 2. The van der Waals surface area contributed by atoms with Crippen molar-refractivity contribution >= 4 is 21.6 Å². The highest BCUT2D eigenvalue weighted by Gasteiger charge is 2.14. The minimum absolute atomic E-state index is 0.146. The van der Waals surface area contributed by atoms with Crippen LogP contribution in [0.25, 0.3) is 0 Å². The minimum atomic E-state index is -0.394. The Morgan fingerprint density at radius 3 is 2.65 bits per heavy atom. The van der Waals surface area contributed by atoms with Crippen LogP contribution in [0.2, 0.25) is 0 Å². The lowest BCUT2D eigenvalue weighted by Crippen LogP contribution is -2.15. The van der Waals surface area contributed by atoms with Gasteiger partial charge in [-0.25, -0.2) is 4.39 Å². The summed E-state index contributed by atoms with van der Waals surface area (Å²) in [5, 5.41) is 12.5. The highest BCUT2D eigenvalue weighted by Crippen LogP contribution is 2.29. The van der Waals surface area contributed by atoms with Crippen molar-refractivity contribution < 1.29 is 14.2 Å². The van der Waals surface area contributed by atoms with Crippen molar-refractivity contribution in [1.29, 1.82) is 0 Å². The summed E-state index contributed by atoms with van der Waals surface area (Å²) in [4.78, 5) is 0. The fourth-order valence-corrected chi connectivity index (χ4v) is 2.46. The lowest BCUT2D eigenvalue weighted by atomic mass is 10.1. The third-order valence-electron chi connectivity index (χ3n) is 2.96. The molecule has 0 saturated heterocycles. The first kappa shape index (κ1) is 14.8. The van der Waals surface area contributed by atoms with E-state index in [-0.39, 0.29) is 12.4 Å². The molecule has 0 bridgehead atoms. The maximum absolute atomic E-state index is 13.6. The minimum Gasteiger partial charge on any atom is -0.496 e. The van der Waals surface area contributed by atoms with Crippen molar-refractivity contribution in [1.82, 2.24) is 0 Å². The predicted molar refractivity (Wildman–Crippen MR) is 80.5 cm³/mol. The molecule has 0 radical (unpaired) electrons. The predicted octanol–water partition coefficient (Wildman–Crippen LogP) is 3.74. The van der Waals surface area contributed by atoms with Gasteiger partial charge in [0.25, 0.3) is 0 Å². The highest BCUT2D eigenvalue weighted by molar-refractivity contribution is 9.10. The molecule has 106 valence electrons. The number of hydrogen-bond acceptors (Lipinski definition) is 3. The van der Waals surface area contributed by atoms with Crippen LogP contribution in [0.4, 0.5) is 10.1 Å². The van der Waals surface area contributed by atoms with Gasteiger partial charge in [-0.3, -0.25) is 0 Å². The number of methoxy groups -OCH3 is 1. The molecule has 20 heavy (non-hydrogen) atoms. The summed E-state index contributed by atoms with van der Waals surface area (Å²) >= 11 is 3.40. The molecule has 1 unspecified atom stereocenters. The Bertz CT molecular complexity index is 592. The Balaban J connectivity index is 2.24. The summed E-state index contributed by atoms with van der Waals surface area (Å²) in [5.74, 6) is 0.356. The molecule has 0 aliphatic heterocycles. The number of aliphatic hydroxyl groups excluding tert-OH is 1. The lowest BCUT2D eigenvalue weighted by Gasteiger charge is -2.19. The first-order chi connectivity index (χ1) is 9.65. The summed E-state index contributed by atoms with van der Waals surface area (Å²) in [6.07, 6.45) is 0. The van der Waals surface area contributed by atoms with Gasteiger partial charge in [0.15, 0.2) is 0 Å². The van der Waals surface area contributed by atoms with E-state index in [1.807, 2.05) is 12.1 Å². The summed E-state index contributed by atoms with van der Waals surface area (Å²) in [6, 6.07) is 11.4. The Morgan fingerprint density at radius 1 is 1.30 bits per heavy atom. The average molecular weight is 340 g/mol. The summed E-state index contributed by atoms with van der Waals surface area (Å²) in [6.45, 7) is -0.146. The van der Waals surface area contributed by atoms with Crippen LogP contribution in [0.1, 0.15) is 11.6 Å². The topological polar surface area (TPSA) is 41.5 Å². The number of rotatable bonds is 5. The Kier molecular flexibility index (Phi) is 4.98. The van der Waals surface area contributed by atoms with Crippen molar-refractivity contribution in [3.05, 3.63) is 58.3 Å². The number of para-hydroxylation sites is 1. The molecule has 2 N–H and O–H groups in total. The first-order valence-corrected chi connectivity index (χ1v) is 6.90. The molecule has 0 amide bonds. The van der Waals surface area contributed by atoms with E-state index >= 15 is 0 Å². The molecule has 0 fully saturated rings. The third kappa shape index (κ3) is 3.29. The highest BCUT2D eigenvalue weighted by atomic mass is 79.9. The zero-order valence-corrected chi connectivity index (χ0v) is 12.5. The van der Waals surface area contributed by atoms with E-state index in [9.17, 15) is 9.50 Å². The van der Waals surface area contributed by atoms with Crippen molar-refractivity contribution in [3.8, 4) is 5.75 Å². The van der Waals surface area contributed by atoms with Crippen LogP contribution < -0.4 is 10.1 Å². The first-order valence-electron chi connectivity index (χ1n) is 6.11. The van der Waals surface area contributed by atoms with E-state index in [4.69, 9.17) is 4.74 Å². The molecule has 2 rings (SSSR count). The zero-order valence-electron chi connectivity index (χ0n) is 10.9. The van der Waals surface area contributed by atoms with Crippen molar-refractivity contribution in [3.63, 3.8) is 0 Å². The Morgan fingerprint density at radius 2 is 2.05 bits per heavy atom. The molecule has 0 heterocycles. The maximum Gasteiger partial charge on any atom is 0.146 e. The van der Waals surface area contributed by atoms with E-state index in [1.54, 1.807) is 31.4 Å². The number of hydrogen-bond donors (Lipinski definition) is 2. The molecule has 2 aromatic carbocycles. The van der Waals surface area contributed by atoms with Crippen LogP contribution in [0.5, 0.6) is 5.75 Å². The summed E-state index contributed by atoms with van der Waals surface area (Å²) < 4.78 is 19.6. The van der Waals surface area contributed by atoms with Crippen LogP contribution in [-0.4, -0.2) is 18.8 Å². The molecular formula is C15H15BrFNO2. The van der Waals surface area contributed by atoms with E-state index < -0.39 is 6.04 Å². The van der Waals surface area contributed by atoms with Gasteiger partial charge in [0.05, 0.1) is 29.9 Å². The fraction of sp³-hybridized carbons (Fsp3) is 0.200. The van der Waals surface area contributed by atoms with E-state index in [1.165, 1.54) is 6.07 Å². The molecule has 0 aliphatic rings. The monoisotopic (exact) mass is 339 g/mol. The standard InChI is InChI=1S/C15H15BrFNO2/c1-20-15-7-6-10(8-11(15)16)14(9-19)18-13-5-3-2-4-12(13)17/h2-8,14,18-19H,9H2,1H3. The second-order valence-corrected chi connectivity index (χ2v) is 5.11. The molecule has 3 nitrogen and oxygen atoms in total. The van der Waals surface area contributed by atoms with Crippen molar-refractivity contribution in [2.24, 2.45) is 0 Å². The molecule has 0 aliphatic carbocycles. The van der Waals surface area contributed by atoms with Gasteiger partial charge in [0, 0.05) is 0 Å². The van der Waals surface area contributed by atoms with Crippen molar-refractivity contribution in [2.75, 3.05) is 19.0 Å². The number of ether oxygens (including phenoxy) is 1. The van der Waals surface area contributed by atoms with E-state index in [0.29, 0.717) is 11.4 Å². The van der Waals surface area contributed by atoms with Gasteiger partial charge in [-0.1, -0.05) is 18.2 Å². The normalized spacial score (nSPS) is 12.0. The fourth-order valence-electron chi connectivity index (χ4n) is 1.90. The maximum atomic E-state index is 13.6. The SMILES string of the molecule is COc1ccc(C(CO)Nc2ccccc2F)cc1Br. The third-order valence-corrected chi connectivity index (χ3v) is 3.58. The average Bonchev–Trinajstić information content (AvgIpc) is 2.46. The zero-order chi connectivity index (χ0) is 14.5. The summed E-state index contributed by atoms with van der Waals surface area (Å²) in [7, 11) is 1.58. The molecule has 0 saturated carbocycles. The van der Waals surface area contributed by atoms with Gasteiger partial charge in [0.2, 0.25) is 0 Å². The molecule has 5 heteroatoms. The number of nitrogens with one attached hydrogen (secondary N) is 1. The van der Waals surface area contributed by atoms with Crippen LogP contribution >= 0.6 is 15.9 Å².